The maximum absolute atomic E-state index is 11.3. The Bertz CT molecular complexity index is 2600. The van der Waals surface area contributed by atoms with E-state index < -0.39 is 76.4 Å². The molecule has 0 fully saturated rings. The number of methoxy groups -OCH3 is 5. The highest BCUT2D eigenvalue weighted by atomic mass is 35.5. The maximum atomic E-state index is 11.3. The Hall–Kier alpha value is -3.60. The van der Waals surface area contributed by atoms with Crippen LogP contribution in [0, 0.1) is 57.8 Å². The Labute approximate surface area is 614 Å². The predicted molar refractivity (Wildman–Crippen MR) is 435 cm³/mol. The Kier molecular flexibility index (Phi) is 57.6. The summed E-state index contributed by atoms with van der Waals surface area (Å²) in [5.41, 5.74) is 16.3. The van der Waals surface area contributed by atoms with Gasteiger partial charge in [0.15, 0.2) is 16.6 Å². The van der Waals surface area contributed by atoms with Crippen LogP contribution in [0.5, 0.6) is 0 Å². The van der Waals surface area contributed by atoms with Gasteiger partial charge in [-0.15, -0.1) is 34.1 Å². The number of ketones is 1. The van der Waals surface area contributed by atoms with Gasteiger partial charge in [0, 0.05) is 53.0 Å². The Morgan fingerprint density at radius 1 is 0.378 bits per heavy atom. The number of terminal acetylenes is 1. The fraction of sp³-hybridized carbons (Fsp3) is 0.770. The van der Waals surface area contributed by atoms with E-state index >= 15 is 0 Å². The van der Waals surface area contributed by atoms with Crippen LogP contribution in [0.25, 0.3) is 0 Å². The van der Waals surface area contributed by atoms with Crippen molar-refractivity contribution in [3.05, 3.63) is 0 Å². The summed E-state index contributed by atoms with van der Waals surface area (Å²) in [5, 5.41) is 9.96. The van der Waals surface area contributed by atoms with Crippen molar-refractivity contribution in [2.45, 2.75) is 336 Å². The predicted octanol–water partition coefficient (Wildman–Crippen LogP) is 18.3. The molecular weight excluding hydrogens is 1390 g/mol. The van der Waals surface area contributed by atoms with Crippen molar-refractivity contribution < 1.29 is 71.2 Å². The number of halogens is 1. The van der Waals surface area contributed by atoms with Crippen molar-refractivity contribution in [1.82, 2.24) is 0 Å². The van der Waals surface area contributed by atoms with E-state index in [1.807, 2.05) is 0 Å². The molecule has 0 spiro atoms. The first-order valence-electron chi connectivity index (χ1n) is 34.4. The minimum absolute atomic E-state index is 0.0720. The minimum atomic E-state index is -1.85. The lowest BCUT2D eigenvalue weighted by Gasteiger charge is -2.38. The normalized spacial score (nSPS) is 12.5. The molecule has 0 rings (SSSR count). The summed E-state index contributed by atoms with van der Waals surface area (Å²) in [5.74, 6) is 10.2. The topological polar surface area (TPSA) is 204 Å². The molecule has 0 amide bonds. The van der Waals surface area contributed by atoms with E-state index in [4.69, 9.17) is 31.6 Å². The molecule has 0 unspecified atom stereocenters. The van der Waals surface area contributed by atoms with E-state index in [-0.39, 0.29) is 77.2 Å². The second-order valence-corrected chi connectivity index (χ2v) is 73.9. The molecule has 0 heterocycles. The highest BCUT2D eigenvalue weighted by Gasteiger charge is 2.40. The number of esters is 5. The number of rotatable bonds is 24. The number of hydrogen-bond donors (Lipinski definition) is 1. The van der Waals surface area contributed by atoms with E-state index in [9.17, 15) is 38.7 Å². The molecule has 0 saturated carbocycles. The second kappa shape index (κ2) is 52.4. The first-order chi connectivity index (χ1) is 43.7. The standard InChI is InChI=1S/C17H34O3Si2.C14H26O3Si.C11H20O3Si.C11H18O3Si.C8H18Si2.C7H18Si.C6H9ClO3/c1-17(2,3)22(8,9)20-15(13-14-21(5,6)7)11-10-12-16(18)19-4;1-8-12(10-9-11-13(15)16-5)17-18(6,7)14(2,3)4;2*1-14-11(13)7-5-6-10(12)8-9-15(2,3)4;1-9(2,3)7-8-10(4,5)6;1-7(2,3)8(4,5)6;1-10-6(9)4-2-3-5(7)8/h15H,10-12H2,1-9H3;1,12H,9-11H2,2-7H3;10,12H,5-7H2,1-4H3;5-7H2,1-4H3;1-6H3;1-6H3;2-4H2,1H3/t15-;12-;10-;;;;/m100..../s1. The van der Waals surface area contributed by atoms with Crippen molar-refractivity contribution in [3.8, 4) is 57.8 Å². The molecule has 15 nitrogen and oxygen atoms in total. The molecule has 568 valence electrons. The van der Waals surface area contributed by atoms with E-state index in [2.05, 4.69) is 277 Å². The average molecular weight is 1530 g/mol. The van der Waals surface area contributed by atoms with Crippen molar-refractivity contribution in [1.29, 1.82) is 0 Å². The van der Waals surface area contributed by atoms with Gasteiger partial charge >= 0.3 is 29.8 Å². The number of hydrogen-bond acceptors (Lipinski definition) is 15. The third-order valence-electron chi connectivity index (χ3n) is 14.8. The zero-order chi connectivity index (χ0) is 79.2. The van der Waals surface area contributed by atoms with E-state index in [0.29, 0.717) is 69.2 Å². The number of ether oxygens (including phenoxy) is 5. The van der Waals surface area contributed by atoms with Gasteiger partial charge in [-0.3, -0.25) is 33.6 Å². The van der Waals surface area contributed by atoms with Gasteiger partial charge in [0.1, 0.15) is 58.7 Å². The molecule has 0 aliphatic rings. The minimum Gasteiger partial charge on any atom is -0.469 e. The molecule has 0 bridgehead atoms. The summed E-state index contributed by atoms with van der Waals surface area (Å²) < 4.78 is 35.2. The third-order valence-corrected chi connectivity index (χ3v) is 33.1. The summed E-state index contributed by atoms with van der Waals surface area (Å²) in [6, 6.07) is 0. The van der Waals surface area contributed by atoms with Gasteiger partial charge in [-0.2, -0.15) is 0 Å². The first kappa shape index (κ1) is 108. The summed E-state index contributed by atoms with van der Waals surface area (Å²) in [7, 11) is -4.18. The van der Waals surface area contributed by atoms with Crippen LogP contribution in [-0.2, 0) is 66.1 Å². The third kappa shape index (κ3) is 76.6. The van der Waals surface area contributed by atoms with E-state index in [0.717, 1.165) is 12.8 Å². The number of carbonyl (C=O) groups excluding carboxylic acids is 7. The van der Waals surface area contributed by atoms with Crippen molar-refractivity contribution in [2.24, 2.45) is 0 Å². The summed E-state index contributed by atoms with van der Waals surface area (Å²) in [6.45, 7) is 69.4. The largest absolute Gasteiger partial charge is 0.469 e. The molecule has 0 aliphatic carbocycles. The van der Waals surface area contributed by atoms with E-state index in [1.165, 1.54) is 35.5 Å². The lowest BCUT2D eigenvalue weighted by Crippen LogP contribution is -2.43. The van der Waals surface area contributed by atoms with Crippen molar-refractivity contribution in [3.63, 3.8) is 0 Å². The van der Waals surface area contributed by atoms with Crippen LogP contribution in [0.2, 0.25) is 159 Å². The molecule has 0 aromatic rings. The zero-order valence-electron chi connectivity index (χ0n) is 69.0. The van der Waals surface area contributed by atoms with Crippen molar-refractivity contribution >= 4 is 118 Å². The molecule has 24 heteroatoms. The quantitative estimate of drug-likeness (QED) is 0.0314. The number of Topliss-reactive ketones (excluding diaryl/α,β-unsaturated/α-hetero) is 1. The van der Waals surface area contributed by atoms with Gasteiger partial charge in [-0.05, 0) is 110 Å². The van der Waals surface area contributed by atoms with Crippen LogP contribution in [0.4, 0.5) is 0 Å². The summed E-state index contributed by atoms with van der Waals surface area (Å²) >= 11 is 5.01. The smallest absolute Gasteiger partial charge is 0.305 e. The Balaban J connectivity index is -0.000000202. The fourth-order valence-corrected chi connectivity index (χ4v) is 12.7. The SMILES string of the molecule is C#C[C@@H](CCCC(=O)OC)O[Si](C)(C)C(C)(C)C.CC(C)(C)[Si](C)(C)C.COC(=O)CCCC(=O)C#C[Si](C)(C)C.COC(=O)CCCC(=O)Cl.COC(=O)CCC[C@H](C#C[Si](C)(C)C)O[Si](C)(C)C(C)(C)C.COC(=O)CCC[C@H](O)C#C[Si](C)(C)C.C[Si](C)(C)C#C[Si](C)(C)C. The van der Waals surface area contributed by atoms with Crippen molar-refractivity contribution in [2.75, 3.05) is 35.5 Å². The molecule has 1 N–H and O–H groups in total. The average Bonchev–Trinajstić information content (AvgIpc) is 0.861. The monoisotopic (exact) mass is 1530 g/mol. The van der Waals surface area contributed by atoms with Gasteiger partial charge < -0.3 is 37.6 Å². The van der Waals surface area contributed by atoms with Gasteiger partial charge in [-0.25, -0.2) is 0 Å². The Morgan fingerprint density at radius 2 is 0.643 bits per heavy atom. The molecule has 98 heavy (non-hydrogen) atoms. The molecule has 0 radical (unpaired) electrons. The van der Waals surface area contributed by atoms with Gasteiger partial charge in [-0.1, -0.05) is 198 Å². The second-order valence-electron chi connectivity index (χ2n) is 34.2. The van der Waals surface area contributed by atoms with Crippen LogP contribution in [0.1, 0.15) is 159 Å². The Morgan fingerprint density at radius 3 is 0.908 bits per heavy atom. The van der Waals surface area contributed by atoms with Crippen LogP contribution >= 0.6 is 11.6 Å². The zero-order valence-corrected chi connectivity index (χ0v) is 77.7. The van der Waals surface area contributed by atoms with Crippen LogP contribution < -0.4 is 0 Å². The first-order valence-corrected chi connectivity index (χ1v) is 61.6. The molecule has 0 saturated heterocycles. The molecule has 0 aliphatic heterocycles. The van der Waals surface area contributed by atoms with Gasteiger partial charge in [0.25, 0.3) is 0 Å². The molecular formula is C74H143ClO15Si8. The van der Waals surface area contributed by atoms with E-state index in [1.54, 1.807) is 0 Å². The number of aliphatic hydroxyl groups is 1. The van der Waals surface area contributed by atoms with Gasteiger partial charge in [0.05, 0.1) is 35.5 Å². The highest BCUT2D eigenvalue weighted by Crippen LogP contribution is 2.39. The number of carbonyl (C=O) groups is 7. The van der Waals surface area contributed by atoms with Crippen LogP contribution in [0.3, 0.4) is 0 Å². The summed E-state index contributed by atoms with van der Waals surface area (Å²) in [6.07, 6.45) is 12.0. The number of aliphatic hydroxyl groups excluding tert-OH is 1. The van der Waals surface area contributed by atoms with Crippen LogP contribution in [0.15, 0.2) is 0 Å². The highest BCUT2D eigenvalue weighted by molar-refractivity contribution is 6.89. The van der Waals surface area contributed by atoms with Crippen LogP contribution in [-0.4, -0.2) is 165 Å². The van der Waals surface area contributed by atoms with Gasteiger partial charge in [0.2, 0.25) is 11.0 Å². The molecule has 3 atom stereocenters. The lowest BCUT2D eigenvalue weighted by molar-refractivity contribution is -0.141. The maximum Gasteiger partial charge on any atom is 0.305 e. The molecule has 0 aromatic heterocycles. The molecule has 0 aromatic carbocycles. The fourth-order valence-electron chi connectivity index (χ4n) is 5.34. The summed E-state index contributed by atoms with van der Waals surface area (Å²) in [4.78, 5) is 75.6. The lowest BCUT2D eigenvalue weighted by atomic mass is 10.1.